The molecular formula is C13H10BrClN2O2. The maximum absolute atomic E-state index is 11.0. The summed E-state index contributed by atoms with van der Waals surface area (Å²) in [6.07, 6.45) is 0. The van der Waals surface area contributed by atoms with Crippen molar-refractivity contribution in [2.45, 2.75) is 6.92 Å². The minimum Gasteiger partial charge on any atom is -0.350 e. The first kappa shape index (κ1) is 13.8. The van der Waals surface area contributed by atoms with E-state index in [4.69, 9.17) is 11.6 Å². The van der Waals surface area contributed by atoms with E-state index < -0.39 is 4.92 Å². The molecule has 0 unspecified atom stereocenters. The average Bonchev–Trinajstić information content (AvgIpc) is 2.26. The summed E-state index contributed by atoms with van der Waals surface area (Å²) < 4.78 is 0.902. The van der Waals surface area contributed by atoms with Crippen LogP contribution in [-0.4, -0.2) is 4.92 Å². The van der Waals surface area contributed by atoms with E-state index in [1.54, 1.807) is 12.1 Å². The molecular weight excluding hydrogens is 332 g/mol. The molecule has 2 aromatic rings. The number of nitrogens with zero attached hydrogens (tertiary/aromatic N) is 1. The van der Waals surface area contributed by atoms with Gasteiger partial charge in [0, 0.05) is 10.2 Å². The van der Waals surface area contributed by atoms with Crippen LogP contribution in [0.4, 0.5) is 17.1 Å². The number of aryl methyl sites for hydroxylation is 1. The van der Waals surface area contributed by atoms with Crippen molar-refractivity contribution < 1.29 is 4.92 Å². The molecule has 19 heavy (non-hydrogen) atoms. The number of nitro groups is 1. The van der Waals surface area contributed by atoms with Crippen LogP contribution in [-0.2, 0) is 0 Å². The maximum atomic E-state index is 11.0. The van der Waals surface area contributed by atoms with Gasteiger partial charge in [-0.25, -0.2) is 0 Å². The SMILES string of the molecule is Cc1cc(Br)cc(Nc2cccc(Cl)c2[N+](=O)[O-])c1. The smallest absolute Gasteiger partial charge is 0.311 e. The fourth-order valence-corrected chi connectivity index (χ4v) is 2.62. The second-order valence-corrected chi connectivity index (χ2v) is 5.36. The lowest BCUT2D eigenvalue weighted by Gasteiger charge is -2.09. The van der Waals surface area contributed by atoms with Crippen LogP contribution in [0.25, 0.3) is 0 Å². The van der Waals surface area contributed by atoms with Crippen molar-refractivity contribution in [1.29, 1.82) is 0 Å². The fraction of sp³-hybridized carbons (Fsp3) is 0.0769. The molecule has 0 saturated heterocycles. The van der Waals surface area contributed by atoms with Crippen LogP contribution in [0.15, 0.2) is 40.9 Å². The summed E-state index contributed by atoms with van der Waals surface area (Å²) in [5.41, 5.74) is 2.05. The summed E-state index contributed by atoms with van der Waals surface area (Å²) in [6, 6.07) is 10.5. The highest BCUT2D eigenvalue weighted by Gasteiger charge is 2.18. The lowest BCUT2D eigenvalue weighted by atomic mass is 10.2. The number of anilines is 2. The Bertz CT molecular complexity index is 626. The van der Waals surface area contributed by atoms with E-state index in [0.29, 0.717) is 5.69 Å². The van der Waals surface area contributed by atoms with Crippen molar-refractivity contribution in [3.05, 3.63) is 61.6 Å². The molecule has 0 heterocycles. The molecule has 0 aliphatic rings. The number of benzene rings is 2. The average molecular weight is 342 g/mol. The van der Waals surface area contributed by atoms with Gasteiger partial charge in [0.15, 0.2) is 0 Å². The van der Waals surface area contributed by atoms with Crippen molar-refractivity contribution in [3.8, 4) is 0 Å². The Morgan fingerprint density at radius 2 is 2.05 bits per heavy atom. The molecule has 0 aliphatic heterocycles. The van der Waals surface area contributed by atoms with E-state index in [1.165, 1.54) is 6.07 Å². The zero-order valence-electron chi connectivity index (χ0n) is 9.98. The van der Waals surface area contributed by atoms with Gasteiger partial charge in [-0.1, -0.05) is 33.6 Å². The van der Waals surface area contributed by atoms with Gasteiger partial charge in [0.25, 0.3) is 0 Å². The van der Waals surface area contributed by atoms with Gasteiger partial charge in [-0.05, 0) is 42.8 Å². The van der Waals surface area contributed by atoms with Gasteiger partial charge in [-0.15, -0.1) is 0 Å². The van der Waals surface area contributed by atoms with E-state index in [0.717, 1.165) is 15.7 Å². The Morgan fingerprint density at radius 3 is 2.68 bits per heavy atom. The quantitative estimate of drug-likeness (QED) is 0.627. The standard InChI is InChI=1S/C13H10BrClN2O2/c1-8-5-9(14)7-10(6-8)16-12-4-2-3-11(15)13(12)17(18)19/h2-7,16H,1H3. The number of hydrogen-bond donors (Lipinski definition) is 1. The molecule has 0 saturated carbocycles. The minimum absolute atomic E-state index is 0.113. The summed E-state index contributed by atoms with van der Waals surface area (Å²) in [7, 11) is 0. The Morgan fingerprint density at radius 1 is 1.32 bits per heavy atom. The van der Waals surface area contributed by atoms with Gasteiger partial charge in [0.2, 0.25) is 0 Å². The van der Waals surface area contributed by atoms with Gasteiger partial charge in [-0.2, -0.15) is 0 Å². The van der Waals surface area contributed by atoms with Crippen molar-refractivity contribution in [3.63, 3.8) is 0 Å². The number of nitro benzene ring substituents is 1. The second-order valence-electron chi connectivity index (χ2n) is 4.04. The third-order valence-corrected chi connectivity index (χ3v) is 3.25. The number of rotatable bonds is 3. The molecule has 0 atom stereocenters. The zero-order chi connectivity index (χ0) is 14.0. The van der Waals surface area contributed by atoms with Crippen LogP contribution in [0.1, 0.15) is 5.56 Å². The highest BCUT2D eigenvalue weighted by Crippen LogP contribution is 2.34. The van der Waals surface area contributed by atoms with Crippen LogP contribution in [0, 0.1) is 17.0 Å². The highest BCUT2D eigenvalue weighted by atomic mass is 79.9. The third-order valence-electron chi connectivity index (χ3n) is 2.49. The topological polar surface area (TPSA) is 55.2 Å². The number of nitrogens with one attached hydrogen (secondary N) is 1. The lowest BCUT2D eigenvalue weighted by Crippen LogP contribution is -1.98. The van der Waals surface area contributed by atoms with E-state index in [-0.39, 0.29) is 10.7 Å². The predicted molar refractivity (Wildman–Crippen MR) is 80.3 cm³/mol. The molecule has 2 rings (SSSR count). The monoisotopic (exact) mass is 340 g/mol. The third kappa shape index (κ3) is 3.24. The van der Waals surface area contributed by atoms with E-state index in [9.17, 15) is 10.1 Å². The van der Waals surface area contributed by atoms with Gasteiger partial charge < -0.3 is 5.32 Å². The van der Waals surface area contributed by atoms with Crippen molar-refractivity contribution in [1.82, 2.24) is 0 Å². The molecule has 1 N–H and O–H groups in total. The Balaban J connectivity index is 2.43. The summed E-state index contributed by atoms with van der Waals surface area (Å²) >= 11 is 9.25. The van der Waals surface area contributed by atoms with E-state index >= 15 is 0 Å². The molecule has 6 heteroatoms. The summed E-state index contributed by atoms with van der Waals surface area (Å²) in [5, 5.41) is 14.2. The van der Waals surface area contributed by atoms with Crippen LogP contribution in [0.3, 0.4) is 0 Å². The van der Waals surface area contributed by atoms with Gasteiger partial charge >= 0.3 is 5.69 Å². The summed E-state index contributed by atoms with van der Waals surface area (Å²) in [5.74, 6) is 0. The van der Waals surface area contributed by atoms with Crippen molar-refractivity contribution in [2.24, 2.45) is 0 Å². The largest absolute Gasteiger partial charge is 0.350 e. The Labute approximate surface area is 123 Å². The van der Waals surface area contributed by atoms with Gasteiger partial charge in [-0.3, -0.25) is 10.1 Å². The summed E-state index contributed by atoms with van der Waals surface area (Å²) in [4.78, 5) is 10.5. The maximum Gasteiger partial charge on any atom is 0.311 e. The normalized spacial score (nSPS) is 10.3. The van der Waals surface area contributed by atoms with Crippen LogP contribution in [0.5, 0.6) is 0 Å². The Kier molecular flexibility index (Phi) is 4.07. The molecule has 0 amide bonds. The molecule has 98 valence electrons. The molecule has 0 bridgehead atoms. The number of para-hydroxylation sites is 1. The molecule has 0 spiro atoms. The fourth-order valence-electron chi connectivity index (χ4n) is 1.77. The van der Waals surface area contributed by atoms with Crippen molar-refractivity contribution >= 4 is 44.6 Å². The summed E-state index contributed by atoms with van der Waals surface area (Å²) in [6.45, 7) is 1.95. The first-order valence-electron chi connectivity index (χ1n) is 5.44. The van der Waals surface area contributed by atoms with Gasteiger partial charge in [0.1, 0.15) is 10.7 Å². The lowest BCUT2D eigenvalue weighted by molar-refractivity contribution is -0.383. The van der Waals surface area contributed by atoms with E-state index in [1.807, 2.05) is 25.1 Å². The van der Waals surface area contributed by atoms with Crippen LogP contribution < -0.4 is 5.32 Å². The Hall–Kier alpha value is -1.59. The molecule has 0 fully saturated rings. The van der Waals surface area contributed by atoms with Crippen molar-refractivity contribution in [2.75, 3.05) is 5.32 Å². The van der Waals surface area contributed by atoms with E-state index in [2.05, 4.69) is 21.2 Å². The molecule has 2 aromatic carbocycles. The zero-order valence-corrected chi connectivity index (χ0v) is 12.3. The second kappa shape index (κ2) is 5.59. The first-order valence-corrected chi connectivity index (χ1v) is 6.61. The minimum atomic E-state index is -0.491. The van der Waals surface area contributed by atoms with Crippen LogP contribution in [0.2, 0.25) is 5.02 Å². The number of hydrogen-bond acceptors (Lipinski definition) is 3. The molecule has 4 nitrogen and oxygen atoms in total. The number of halogens is 2. The first-order chi connectivity index (χ1) is 8.97. The molecule has 0 aliphatic carbocycles. The predicted octanol–water partition coefficient (Wildman–Crippen LogP) is 5.06. The van der Waals surface area contributed by atoms with Gasteiger partial charge in [0.05, 0.1) is 4.92 Å². The highest BCUT2D eigenvalue weighted by molar-refractivity contribution is 9.10. The van der Waals surface area contributed by atoms with Crippen LogP contribution >= 0.6 is 27.5 Å². The molecule has 0 aromatic heterocycles. The molecule has 0 radical (unpaired) electrons.